The van der Waals surface area contributed by atoms with Crippen LogP contribution in [0.4, 0.5) is 26.2 Å². The molecule has 1 amide bonds. The molecule has 36 heavy (non-hydrogen) atoms. The summed E-state index contributed by atoms with van der Waals surface area (Å²) in [6.45, 7) is 4.11. The van der Waals surface area contributed by atoms with Gasteiger partial charge in [-0.3, -0.25) is 9.69 Å². The SMILES string of the molecule is Nc1nc(N(N)C(=O)c2ccccc2)c2ccn(CCN3CCN(c4ccc(F)cc4F)CC3)c2n1. The predicted molar refractivity (Wildman–Crippen MR) is 134 cm³/mol. The number of benzene rings is 2. The second-order valence-corrected chi connectivity index (χ2v) is 8.62. The minimum atomic E-state index is -0.580. The first-order chi connectivity index (χ1) is 17.4. The molecule has 2 aromatic heterocycles. The smallest absolute Gasteiger partial charge is 0.273 e. The lowest BCUT2D eigenvalue weighted by Crippen LogP contribution is -2.47. The fraction of sp³-hybridized carbons (Fsp3) is 0.240. The van der Waals surface area contributed by atoms with Gasteiger partial charge in [-0.05, 0) is 30.3 Å². The van der Waals surface area contributed by atoms with Crippen LogP contribution < -0.4 is 21.5 Å². The average molecular weight is 493 g/mol. The lowest BCUT2D eigenvalue weighted by Gasteiger charge is -2.36. The highest BCUT2D eigenvalue weighted by atomic mass is 19.1. The van der Waals surface area contributed by atoms with Crippen molar-refractivity contribution in [3.05, 3.63) is 78.0 Å². The number of anilines is 3. The standard InChI is InChI=1S/C25H26F2N8O/c26-18-6-7-21(20(27)16-18)33-13-10-32(11-14-33)12-15-34-9-8-19-22(34)30-25(28)31-23(19)35(29)24(36)17-4-2-1-3-5-17/h1-9,16H,10-15,29H2,(H2,28,30,31). The van der Waals surface area contributed by atoms with Crippen LogP contribution >= 0.6 is 0 Å². The van der Waals surface area contributed by atoms with Crippen LogP contribution in [-0.2, 0) is 6.54 Å². The van der Waals surface area contributed by atoms with E-state index in [0.717, 1.165) is 30.7 Å². The van der Waals surface area contributed by atoms with Gasteiger partial charge in [-0.15, -0.1) is 0 Å². The minimum Gasteiger partial charge on any atom is -0.368 e. The van der Waals surface area contributed by atoms with E-state index in [4.69, 9.17) is 11.6 Å². The zero-order valence-electron chi connectivity index (χ0n) is 19.5. The van der Waals surface area contributed by atoms with Gasteiger partial charge in [0.05, 0.1) is 11.1 Å². The van der Waals surface area contributed by atoms with Gasteiger partial charge in [0.1, 0.15) is 17.3 Å². The van der Waals surface area contributed by atoms with Crippen LogP contribution in [0.5, 0.6) is 0 Å². The van der Waals surface area contributed by atoms with E-state index in [2.05, 4.69) is 14.9 Å². The van der Waals surface area contributed by atoms with E-state index >= 15 is 0 Å². The number of hydrazine groups is 1. The van der Waals surface area contributed by atoms with Crippen molar-refractivity contribution in [1.29, 1.82) is 0 Å². The summed E-state index contributed by atoms with van der Waals surface area (Å²) in [4.78, 5) is 25.6. The number of aromatic nitrogens is 3. The van der Waals surface area contributed by atoms with Crippen LogP contribution in [0, 0.1) is 11.6 Å². The Kier molecular flexibility index (Phi) is 6.49. The van der Waals surface area contributed by atoms with Crippen molar-refractivity contribution in [3.8, 4) is 0 Å². The predicted octanol–water partition coefficient (Wildman–Crippen LogP) is 2.63. The van der Waals surface area contributed by atoms with Gasteiger partial charge in [0.15, 0.2) is 5.82 Å². The van der Waals surface area contributed by atoms with Crippen LogP contribution in [0.15, 0.2) is 60.8 Å². The Bertz CT molecular complexity index is 1390. The second-order valence-electron chi connectivity index (χ2n) is 8.62. The number of hydrogen-bond acceptors (Lipinski definition) is 7. The normalized spacial score (nSPS) is 14.4. The fourth-order valence-electron chi connectivity index (χ4n) is 4.44. The van der Waals surface area contributed by atoms with Crippen LogP contribution in [-0.4, -0.2) is 58.1 Å². The van der Waals surface area contributed by atoms with E-state index in [1.54, 1.807) is 24.3 Å². The molecule has 186 valence electrons. The third-order valence-corrected chi connectivity index (χ3v) is 6.36. The topological polar surface area (TPSA) is 110 Å². The van der Waals surface area contributed by atoms with Crippen molar-refractivity contribution < 1.29 is 13.6 Å². The molecule has 2 aromatic carbocycles. The Morgan fingerprint density at radius 3 is 2.44 bits per heavy atom. The average Bonchev–Trinajstić information content (AvgIpc) is 3.29. The number of carbonyl (C=O) groups is 1. The van der Waals surface area contributed by atoms with Gasteiger partial charge >= 0.3 is 0 Å². The van der Waals surface area contributed by atoms with E-state index in [1.807, 2.05) is 27.8 Å². The summed E-state index contributed by atoms with van der Waals surface area (Å²) in [5.74, 6) is 4.88. The first-order valence-corrected chi connectivity index (χ1v) is 11.6. The molecule has 0 aliphatic carbocycles. The minimum absolute atomic E-state index is 0.0173. The van der Waals surface area contributed by atoms with E-state index in [-0.39, 0.29) is 11.8 Å². The maximum Gasteiger partial charge on any atom is 0.273 e. The summed E-state index contributed by atoms with van der Waals surface area (Å²) in [5, 5.41) is 1.61. The number of nitrogens with zero attached hydrogens (tertiary/aromatic N) is 6. The zero-order valence-corrected chi connectivity index (χ0v) is 19.5. The van der Waals surface area contributed by atoms with Crippen LogP contribution in [0.25, 0.3) is 11.0 Å². The lowest BCUT2D eigenvalue weighted by atomic mass is 10.2. The summed E-state index contributed by atoms with van der Waals surface area (Å²) in [7, 11) is 0. The van der Waals surface area contributed by atoms with Crippen molar-refractivity contribution >= 4 is 34.4 Å². The molecule has 1 aliphatic rings. The third-order valence-electron chi connectivity index (χ3n) is 6.36. The molecule has 1 saturated heterocycles. The molecule has 0 radical (unpaired) electrons. The molecule has 1 aliphatic heterocycles. The molecule has 5 rings (SSSR count). The number of rotatable bonds is 6. The molecule has 9 nitrogen and oxygen atoms in total. The number of amides is 1. The number of nitrogen functional groups attached to an aromatic ring is 1. The summed E-state index contributed by atoms with van der Waals surface area (Å²) in [5.41, 5.74) is 7.40. The third kappa shape index (κ3) is 4.70. The number of carbonyl (C=O) groups excluding carboxylic acids is 1. The number of piperazine rings is 1. The van der Waals surface area contributed by atoms with Crippen molar-refractivity contribution in [2.45, 2.75) is 6.54 Å². The first kappa shape index (κ1) is 23.6. The van der Waals surface area contributed by atoms with Gasteiger partial charge in [0.25, 0.3) is 5.91 Å². The van der Waals surface area contributed by atoms with E-state index < -0.39 is 17.5 Å². The summed E-state index contributed by atoms with van der Waals surface area (Å²) >= 11 is 0. The molecule has 3 heterocycles. The highest BCUT2D eigenvalue weighted by Crippen LogP contribution is 2.26. The highest BCUT2D eigenvalue weighted by molar-refractivity contribution is 6.08. The first-order valence-electron chi connectivity index (χ1n) is 11.6. The fourth-order valence-corrected chi connectivity index (χ4v) is 4.44. The zero-order chi connectivity index (χ0) is 25.2. The Morgan fingerprint density at radius 1 is 0.972 bits per heavy atom. The molecule has 0 unspecified atom stereocenters. The lowest BCUT2D eigenvalue weighted by molar-refractivity contribution is 0.0986. The van der Waals surface area contributed by atoms with E-state index in [9.17, 15) is 13.6 Å². The van der Waals surface area contributed by atoms with Crippen molar-refractivity contribution in [3.63, 3.8) is 0 Å². The Balaban J connectivity index is 1.27. The number of hydrogen-bond donors (Lipinski definition) is 2. The molecule has 0 spiro atoms. The van der Waals surface area contributed by atoms with Crippen molar-refractivity contribution in [1.82, 2.24) is 19.4 Å². The number of fused-ring (bicyclic) bond motifs is 1. The van der Waals surface area contributed by atoms with Gasteiger partial charge in [-0.25, -0.2) is 19.6 Å². The highest BCUT2D eigenvalue weighted by Gasteiger charge is 2.22. The van der Waals surface area contributed by atoms with Gasteiger partial charge in [-0.1, -0.05) is 18.2 Å². The van der Waals surface area contributed by atoms with Crippen molar-refractivity contribution in [2.24, 2.45) is 5.84 Å². The molecule has 4 aromatic rings. The van der Waals surface area contributed by atoms with E-state index in [1.165, 1.54) is 12.1 Å². The van der Waals surface area contributed by atoms with Crippen LogP contribution in [0.3, 0.4) is 0 Å². The molecular weight excluding hydrogens is 466 g/mol. The summed E-state index contributed by atoms with van der Waals surface area (Å²) in [6, 6.07) is 14.2. The Hall–Kier alpha value is -4.09. The Morgan fingerprint density at radius 2 is 1.72 bits per heavy atom. The molecule has 1 fully saturated rings. The van der Waals surface area contributed by atoms with Gasteiger partial charge in [0.2, 0.25) is 5.95 Å². The van der Waals surface area contributed by atoms with Crippen molar-refractivity contribution in [2.75, 3.05) is 48.4 Å². The molecular formula is C25H26F2N8O. The van der Waals surface area contributed by atoms with Crippen LogP contribution in [0.1, 0.15) is 10.4 Å². The summed E-state index contributed by atoms with van der Waals surface area (Å²) < 4.78 is 29.3. The maximum atomic E-state index is 14.1. The quantitative estimate of drug-likeness (QED) is 0.242. The number of nitrogens with two attached hydrogens (primary N) is 2. The van der Waals surface area contributed by atoms with Gasteiger partial charge in [0, 0.05) is 57.1 Å². The molecule has 0 saturated carbocycles. The second kappa shape index (κ2) is 9.88. The largest absolute Gasteiger partial charge is 0.368 e. The van der Waals surface area contributed by atoms with Gasteiger partial charge in [-0.2, -0.15) is 9.97 Å². The van der Waals surface area contributed by atoms with Crippen LogP contribution in [0.2, 0.25) is 0 Å². The molecule has 4 N–H and O–H groups in total. The molecule has 11 heteroatoms. The number of halogens is 2. The maximum absolute atomic E-state index is 14.1. The summed E-state index contributed by atoms with van der Waals surface area (Å²) in [6.07, 6.45) is 1.87. The molecule has 0 bridgehead atoms. The van der Waals surface area contributed by atoms with E-state index in [0.29, 0.717) is 41.9 Å². The Labute approximate surface area is 206 Å². The molecule has 0 atom stereocenters. The van der Waals surface area contributed by atoms with Gasteiger partial charge < -0.3 is 15.2 Å². The monoisotopic (exact) mass is 492 g/mol.